The zero-order chi connectivity index (χ0) is 13.6. The maximum Gasteiger partial charge on any atom is 0.266 e. The lowest BCUT2D eigenvalue weighted by molar-refractivity contribution is 0.0925. The fraction of sp³-hybridized carbons (Fsp3) is 0.0667. The van der Waals surface area contributed by atoms with Crippen LogP contribution in [0.2, 0.25) is 0 Å². The van der Waals surface area contributed by atoms with E-state index in [0.29, 0.717) is 11.1 Å². The quantitative estimate of drug-likeness (QED) is 0.735. The van der Waals surface area contributed by atoms with Crippen LogP contribution in [0.15, 0.2) is 42.5 Å². The van der Waals surface area contributed by atoms with E-state index in [1.807, 2.05) is 0 Å². The summed E-state index contributed by atoms with van der Waals surface area (Å²) in [5, 5.41) is 0. The van der Waals surface area contributed by atoms with Crippen molar-refractivity contribution in [2.45, 2.75) is 6.92 Å². The van der Waals surface area contributed by atoms with Crippen molar-refractivity contribution in [3.63, 3.8) is 0 Å². The van der Waals surface area contributed by atoms with Crippen LogP contribution in [0.1, 0.15) is 26.3 Å². The molecule has 3 rings (SSSR count). The average Bonchev–Trinajstić information content (AvgIpc) is 2.64. The van der Waals surface area contributed by atoms with Crippen molar-refractivity contribution in [2.75, 3.05) is 4.90 Å². The van der Waals surface area contributed by atoms with Gasteiger partial charge in [0.15, 0.2) is 0 Å². The van der Waals surface area contributed by atoms with Crippen LogP contribution in [0.5, 0.6) is 0 Å². The van der Waals surface area contributed by atoms with Gasteiger partial charge in [-0.05, 0) is 36.8 Å². The number of hydrogen-bond donors (Lipinski definition) is 0. The molecule has 2 aromatic carbocycles. The third-order valence-corrected chi connectivity index (χ3v) is 3.14. The van der Waals surface area contributed by atoms with Gasteiger partial charge in [-0.25, -0.2) is 9.29 Å². The van der Waals surface area contributed by atoms with Gasteiger partial charge in [-0.3, -0.25) is 9.59 Å². The standard InChI is InChI=1S/C15H10FNO2/c1-9-6-7-13(12(16)8-9)17-14(18)10-4-2-3-5-11(10)15(17)19/h2-8H,1H3. The molecule has 0 aliphatic carbocycles. The van der Waals surface area contributed by atoms with E-state index < -0.39 is 17.6 Å². The molecule has 0 saturated carbocycles. The van der Waals surface area contributed by atoms with Crippen LogP contribution in [0.4, 0.5) is 10.1 Å². The van der Waals surface area contributed by atoms with Gasteiger partial charge in [0.05, 0.1) is 16.8 Å². The van der Waals surface area contributed by atoms with Gasteiger partial charge >= 0.3 is 0 Å². The Morgan fingerprint density at radius 3 is 2.05 bits per heavy atom. The van der Waals surface area contributed by atoms with Crippen LogP contribution < -0.4 is 4.90 Å². The molecular formula is C15H10FNO2. The average molecular weight is 255 g/mol. The topological polar surface area (TPSA) is 37.4 Å². The van der Waals surface area contributed by atoms with Crippen molar-refractivity contribution >= 4 is 17.5 Å². The van der Waals surface area contributed by atoms with Crippen molar-refractivity contribution < 1.29 is 14.0 Å². The number of carbonyl (C=O) groups excluding carboxylic acids is 2. The molecule has 1 heterocycles. The van der Waals surface area contributed by atoms with E-state index in [-0.39, 0.29) is 5.69 Å². The zero-order valence-corrected chi connectivity index (χ0v) is 10.2. The van der Waals surface area contributed by atoms with Crippen LogP contribution in [0.3, 0.4) is 0 Å². The molecule has 19 heavy (non-hydrogen) atoms. The summed E-state index contributed by atoms with van der Waals surface area (Å²) in [6.07, 6.45) is 0. The van der Waals surface area contributed by atoms with Crippen LogP contribution >= 0.6 is 0 Å². The molecule has 0 aromatic heterocycles. The van der Waals surface area contributed by atoms with E-state index in [9.17, 15) is 14.0 Å². The number of anilines is 1. The summed E-state index contributed by atoms with van der Waals surface area (Å²) >= 11 is 0. The number of nitrogens with zero attached hydrogens (tertiary/aromatic N) is 1. The van der Waals surface area contributed by atoms with Gasteiger partial charge in [-0.2, -0.15) is 0 Å². The largest absolute Gasteiger partial charge is 0.268 e. The third kappa shape index (κ3) is 1.64. The fourth-order valence-corrected chi connectivity index (χ4v) is 2.20. The van der Waals surface area contributed by atoms with Crippen LogP contribution in [-0.2, 0) is 0 Å². The van der Waals surface area contributed by atoms with E-state index in [1.165, 1.54) is 12.1 Å². The number of fused-ring (bicyclic) bond motifs is 1. The van der Waals surface area contributed by atoms with Crippen molar-refractivity contribution in [3.8, 4) is 0 Å². The van der Waals surface area contributed by atoms with Gasteiger partial charge in [0.1, 0.15) is 5.82 Å². The van der Waals surface area contributed by atoms with Crippen LogP contribution in [0, 0.1) is 12.7 Å². The number of carbonyl (C=O) groups is 2. The molecule has 4 heteroatoms. The third-order valence-electron chi connectivity index (χ3n) is 3.14. The van der Waals surface area contributed by atoms with E-state index in [4.69, 9.17) is 0 Å². The number of aryl methyl sites for hydroxylation is 1. The fourth-order valence-electron chi connectivity index (χ4n) is 2.20. The summed E-state index contributed by atoms with van der Waals surface area (Å²) < 4.78 is 13.9. The summed E-state index contributed by atoms with van der Waals surface area (Å²) in [6, 6.07) is 10.9. The molecule has 0 saturated heterocycles. The Labute approximate surface area is 109 Å². The van der Waals surface area contributed by atoms with Crippen molar-refractivity contribution in [2.24, 2.45) is 0 Å². The zero-order valence-electron chi connectivity index (χ0n) is 10.2. The van der Waals surface area contributed by atoms with Gasteiger partial charge in [0.25, 0.3) is 11.8 Å². The lowest BCUT2D eigenvalue weighted by Crippen LogP contribution is -2.30. The molecule has 0 atom stereocenters. The molecule has 1 aliphatic rings. The molecule has 2 amide bonds. The Kier molecular flexibility index (Phi) is 2.45. The highest BCUT2D eigenvalue weighted by molar-refractivity contribution is 6.34. The number of imide groups is 1. The molecule has 2 aromatic rings. The summed E-state index contributed by atoms with van der Waals surface area (Å²) in [6.45, 7) is 1.75. The summed E-state index contributed by atoms with van der Waals surface area (Å²) in [7, 11) is 0. The minimum atomic E-state index is -0.575. The lowest BCUT2D eigenvalue weighted by atomic mass is 10.1. The Morgan fingerprint density at radius 1 is 0.947 bits per heavy atom. The molecular weight excluding hydrogens is 245 g/mol. The number of hydrogen-bond acceptors (Lipinski definition) is 2. The molecule has 0 spiro atoms. The summed E-state index contributed by atoms with van der Waals surface area (Å²) in [5.41, 5.74) is 1.36. The minimum absolute atomic E-state index is 0.00296. The molecule has 0 unspecified atom stereocenters. The number of benzene rings is 2. The second-order valence-electron chi connectivity index (χ2n) is 4.45. The van der Waals surface area contributed by atoms with E-state index in [0.717, 1.165) is 10.5 Å². The monoisotopic (exact) mass is 255 g/mol. The Hall–Kier alpha value is -2.49. The van der Waals surface area contributed by atoms with Gasteiger partial charge in [0, 0.05) is 0 Å². The number of rotatable bonds is 1. The van der Waals surface area contributed by atoms with E-state index >= 15 is 0 Å². The van der Waals surface area contributed by atoms with Crippen molar-refractivity contribution in [1.29, 1.82) is 0 Å². The highest BCUT2D eigenvalue weighted by atomic mass is 19.1. The van der Waals surface area contributed by atoms with Gasteiger partial charge < -0.3 is 0 Å². The second-order valence-corrected chi connectivity index (χ2v) is 4.45. The smallest absolute Gasteiger partial charge is 0.266 e. The predicted octanol–water partition coefficient (Wildman–Crippen LogP) is 2.93. The molecule has 1 aliphatic heterocycles. The van der Waals surface area contributed by atoms with Gasteiger partial charge in [-0.1, -0.05) is 18.2 Å². The maximum atomic E-state index is 13.9. The first-order valence-corrected chi connectivity index (χ1v) is 5.83. The Bertz CT molecular complexity index is 674. The highest BCUT2D eigenvalue weighted by Gasteiger charge is 2.37. The number of amides is 2. The van der Waals surface area contributed by atoms with Gasteiger partial charge in [0.2, 0.25) is 0 Å². The SMILES string of the molecule is Cc1ccc(N2C(=O)c3ccccc3C2=O)c(F)c1. The molecule has 3 nitrogen and oxygen atoms in total. The number of halogens is 1. The molecule has 0 fully saturated rings. The lowest BCUT2D eigenvalue weighted by Gasteiger charge is -2.14. The predicted molar refractivity (Wildman–Crippen MR) is 68.7 cm³/mol. The van der Waals surface area contributed by atoms with Gasteiger partial charge in [-0.15, -0.1) is 0 Å². The molecule has 94 valence electrons. The van der Waals surface area contributed by atoms with E-state index in [1.54, 1.807) is 37.3 Å². The van der Waals surface area contributed by atoms with E-state index in [2.05, 4.69) is 0 Å². The molecule has 0 N–H and O–H groups in total. The highest BCUT2D eigenvalue weighted by Crippen LogP contribution is 2.30. The molecule has 0 bridgehead atoms. The van der Waals surface area contributed by atoms with Crippen molar-refractivity contribution in [3.05, 3.63) is 65.0 Å². The first kappa shape index (κ1) is 11.6. The first-order valence-electron chi connectivity index (χ1n) is 5.83. The summed E-state index contributed by atoms with van der Waals surface area (Å²) in [5.74, 6) is -1.54. The van der Waals surface area contributed by atoms with Crippen molar-refractivity contribution in [1.82, 2.24) is 0 Å². The second kappa shape index (κ2) is 4.02. The van der Waals surface area contributed by atoms with Crippen LogP contribution in [-0.4, -0.2) is 11.8 Å². The summed E-state index contributed by atoms with van der Waals surface area (Å²) in [4.78, 5) is 25.3. The normalized spacial score (nSPS) is 13.9. The van der Waals surface area contributed by atoms with Crippen LogP contribution in [0.25, 0.3) is 0 Å². The maximum absolute atomic E-state index is 13.9. The molecule has 0 radical (unpaired) electrons. The Balaban J connectivity index is 2.14. The Morgan fingerprint density at radius 2 is 1.53 bits per heavy atom. The first-order chi connectivity index (χ1) is 9.09. The minimum Gasteiger partial charge on any atom is -0.268 e.